The van der Waals surface area contributed by atoms with Crippen molar-refractivity contribution in [3.05, 3.63) is 437 Å². The summed E-state index contributed by atoms with van der Waals surface area (Å²) in [6, 6.07) is 134. The van der Waals surface area contributed by atoms with Gasteiger partial charge in [0.15, 0.2) is 0 Å². The molecule has 0 aliphatic carbocycles. The fourth-order valence-electron chi connectivity index (χ4n) is 17.5. The SMILES string of the molecule is C=Cc1ccc(C)cc1.CCCCCCc1cc(-c2ccc(N(c3ccc(-c4ccc(C)cc4)cc3)c3ccc(-c4ccc(CCC)cc4)cc3)cc2C)c(CCCCCC)cc1-c1ccc(N(c2ccc(-c3ccc(C)cc3)cc2)c2ccc(-c3ccc(CCC)cc3)cc2)cc1C.Cc1cccc(-c2cc(-c3cccc(C)c3)cc(-c3cccc(C)c3)c2)c1. The second-order valence-electron chi connectivity index (χ2n) is 34.8. The molecule has 0 heterocycles. The average molecular weight is 1640 g/mol. The Kier molecular flexibility index (Phi) is 30.7. The molecule has 0 fully saturated rings. The fourth-order valence-corrected chi connectivity index (χ4v) is 17.5. The van der Waals surface area contributed by atoms with Crippen molar-refractivity contribution in [2.24, 2.45) is 0 Å². The van der Waals surface area contributed by atoms with Crippen LogP contribution in [0.3, 0.4) is 0 Å². The van der Waals surface area contributed by atoms with Crippen molar-refractivity contribution < 1.29 is 0 Å². The Bertz CT molecular complexity index is 5800. The maximum atomic E-state index is 3.66. The zero-order valence-corrected chi connectivity index (χ0v) is 76.6. The summed E-state index contributed by atoms with van der Waals surface area (Å²) in [4.78, 5) is 4.88. The van der Waals surface area contributed by atoms with Crippen LogP contribution in [-0.2, 0) is 25.7 Å². The molecular weight excluding hydrogens is 1520 g/mol. The zero-order chi connectivity index (χ0) is 87.8. The third kappa shape index (κ3) is 23.1. The van der Waals surface area contributed by atoms with Crippen molar-refractivity contribution in [2.75, 3.05) is 9.80 Å². The van der Waals surface area contributed by atoms with Crippen LogP contribution in [0.25, 0.3) is 106 Å². The van der Waals surface area contributed by atoms with Gasteiger partial charge < -0.3 is 9.80 Å². The summed E-state index contributed by atoms with van der Waals surface area (Å²) in [6.07, 6.45) is 18.1. The number of nitrogens with zero attached hydrogens (tertiary/aromatic N) is 2. The molecule has 0 saturated carbocycles. The van der Waals surface area contributed by atoms with Gasteiger partial charge >= 0.3 is 0 Å². The largest absolute Gasteiger partial charge is 0.310 e. The summed E-state index contributed by atoms with van der Waals surface area (Å²) in [5, 5.41) is 0. The van der Waals surface area contributed by atoms with Gasteiger partial charge in [-0.05, 0) is 324 Å². The second kappa shape index (κ2) is 43.5. The van der Waals surface area contributed by atoms with Gasteiger partial charge in [0.25, 0.3) is 0 Å². The maximum absolute atomic E-state index is 3.66. The minimum atomic E-state index is 1.04. The Morgan fingerprint density at radius 1 is 0.206 bits per heavy atom. The van der Waals surface area contributed by atoms with Gasteiger partial charge in [0.2, 0.25) is 0 Å². The molecule has 0 radical (unpaired) electrons. The number of benzene rings is 16. The topological polar surface area (TPSA) is 6.48 Å². The van der Waals surface area contributed by atoms with Gasteiger partial charge in [-0.2, -0.15) is 0 Å². The Morgan fingerprint density at radius 2 is 0.484 bits per heavy atom. The van der Waals surface area contributed by atoms with E-state index in [2.05, 4.69) is 457 Å². The van der Waals surface area contributed by atoms with E-state index < -0.39 is 0 Å². The third-order valence-corrected chi connectivity index (χ3v) is 24.7. The molecule has 0 saturated heterocycles. The Balaban J connectivity index is 0.000000293. The number of hydrogen-bond donors (Lipinski definition) is 0. The predicted molar refractivity (Wildman–Crippen MR) is 549 cm³/mol. The number of rotatable bonds is 30. The first-order valence-electron chi connectivity index (χ1n) is 46.3. The fraction of sp³-hybridized carbons (Fsp3) is 0.210. The highest BCUT2D eigenvalue weighted by Crippen LogP contribution is 2.45. The molecule has 0 bridgehead atoms. The predicted octanol–water partition coefficient (Wildman–Crippen LogP) is 36.3. The van der Waals surface area contributed by atoms with Gasteiger partial charge in [0.05, 0.1) is 0 Å². The molecule has 2 heteroatoms. The van der Waals surface area contributed by atoms with Crippen LogP contribution in [0.1, 0.15) is 164 Å². The molecule has 0 spiro atoms. The monoisotopic (exact) mass is 1640 g/mol. The third-order valence-electron chi connectivity index (χ3n) is 24.7. The molecule has 0 unspecified atom stereocenters. The van der Waals surface area contributed by atoms with Crippen molar-refractivity contribution in [3.8, 4) is 100 Å². The molecule has 126 heavy (non-hydrogen) atoms. The number of unbranched alkanes of at least 4 members (excludes halogenated alkanes) is 6. The van der Waals surface area contributed by atoms with Crippen molar-refractivity contribution in [1.82, 2.24) is 0 Å². The lowest BCUT2D eigenvalue weighted by atomic mass is 9.84. The minimum absolute atomic E-state index is 1.04. The molecule has 16 aromatic rings. The van der Waals surface area contributed by atoms with E-state index in [-0.39, 0.29) is 0 Å². The van der Waals surface area contributed by atoms with E-state index >= 15 is 0 Å². The molecule has 0 aromatic heterocycles. The van der Waals surface area contributed by atoms with Gasteiger partial charge in [0.1, 0.15) is 0 Å². The number of anilines is 6. The first-order valence-corrected chi connectivity index (χ1v) is 46.3. The lowest BCUT2D eigenvalue weighted by Gasteiger charge is -2.28. The van der Waals surface area contributed by atoms with Gasteiger partial charge in [-0.1, -0.05) is 392 Å². The Morgan fingerprint density at radius 3 is 0.754 bits per heavy atom. The average Bonchev–Trinajstić information content (AvgIpc) is 0.765. The molecule has 0 atom stereocenters. The number of hydrogen-bond acceptors (Lipinski definition) is 2. The summed E-state index contributed by atoms with van der Waals surface area (Å²) in [5.74, 6) is 0. The van der Waals surface area contributed by atoms with Crippen LogP contribution in [-0.4, -0.2) is 0 Å². The standard InChI is InChI=1S/C88H92N2.C27H24.C9H10/c1-9-13-15-17-21-77-61-88(86-58-56-84(60-66(86)8)90(80-49-41-74(42-50-80)70-33-25-64(6)26-34-70)82-53-45-76(46-54-82)72-37-29-68(20-12-4)30-38-72)78(22-18-16-14-10-2)62-87(77)85-57-55-83(59-65(85)7)89(79-47-39-73(40-48-79)69-31-23-63(5)24-32-69)81-51-43-75(44-52-81)71-35-27-67(19-11-3)28-36-71;1-19-7-4-10-22(13-19)25-16-26(23-11-5-8-20(2)14-23)18-27(17-25)24-12-6-9-21(3)15-24;1-3-9-6-4-8(2)5-7-9/h23-62H,9-22H2,1-8H3;4-18H,1-3H3;3-7H,1H2,2H3. The van der Waals surface area contributed by atoms with E-state index in [1.807, 2.05) is 6.08 Å². The molecule has 0 amide bonds. The smallest absolute Gasteiger partial charge is 0.0464 e. The first kappa shape index (κ1) is 89.1. The van der Waals surface area contributed by atoms with Crippen LogP contribution in [0.15, 0.2) is 364 Å². The van der Waals surface area contributed by atoms with E-state index in [1.165, 1.54) is 211 Å². The molecule has 16 aromatic carbocycles. The van der Waals surface area contributed by atoms with E-state index in [9.17, 15) is 0 Å². The van der Waals surface area contributed by atoms with E-state index in [4.69, 9.17) is 0 Å². The summed E-state index contributed by atoms with van der Waals surface area (Å²) in [5.41, 5.74) is 46.7. The summed E-state index contributed by atoms with van der Waals surface area (Å²) < 4.78 is 0. The zero-order valence-electron chi connectivity index (χ0n) is 76.6. The van der Waals surface area contributed by atoms with Crippen molar-refractivity contribution in [2.45, 2.75) is 173 Å². The molecular formula is C124H126N2. The maximum Gasteiger partial charge on any atom is 0.0464 e. The van der Waals surface area contributed by atoms with E-state index in [0.717, 1.165) is 85.5 Å². The lowest BCUT2D eigenvalue weighted by Crippen LogP contribution is -2.10. The highest BCUT2D eigenvalue weighted by Gasteiger charge is 2.22. The quantitative estimate of drug-likeness (QED) is 0.0414. The van der Waals surface area contributed by atoms with Crippen molar-refractivity contribution in [1.29, 1.82) is 0 Å². The highest BCUT2D eigenvalue weighted by atomic mass is 15.1. The summed E-state index contributed by atoms with van der Waals surface area (Å²) in [7, 11) is 0. The summed E-state index contributed by atoms with van der Waals surface area (Å²) in [6.45, 7) is 30.3. The normalized spacial score (nSPS) is 11.0. The van der Waals surface area contributed by atoms with Gasteiger partial charge in [-0.15, -0.1) is 0 Å². The van der Waals surface area contributed by atoms with Crippen LogP contribution >= 0.6 is 0 Å². The van der Waals surface area contributed by atoms with E-state index in [0.29, 0.717) is 0 Å². The van der Waals surface area contributed by atoms with Gasteiger partial charge in [-0.25, -0.2) is 0 Å². The van der Waals surface area contributed by atoms with Gasteiger partial charge in [-0.3, -0.25) is 0 Å². The molecule has 632 valence electrons. The second-order valence-corrected chi connectivity index (χ2v) is 34.8. The van der Waals surface area contributed by atoms with E-state index in [1.54, 1.807) is 0 Å². The molecule has 2 nitrogen and oxygen atoms in total. The van der Waals surface area contributed by atoms with Crippen LogP contribution in [0.2, 0.25) is 0 Å². The van der Waals surface area contributed by atoms with Crippen LogP contribution in [0.4, 0.5) is 34.1 Å². The van der Waals surface area contributed by atoms with Crippen LogP contribution in [0, 0.1) is 55.4 Å². The van der Waals surface area contributed by atoms with Crippen LogP contribution < -0.4 is 9.80 Å². The molecule has 0 aliphatic rings. The number of aryl methyl sites for hydroxylation is 12. The van der Waals surface area contributed by atoms with Crippen LogP contribution in [0.5, 0.6) is 0 Å². The Hall–Kier alpha value is -13.1. The molecule has 16 rings (SSSR count). The van der Waals surface area contributed by atoms with Gasteiger partial charge in [0, 0.05) is 34.1 Å². The highest BCUT2D eigenvalue weighted by molar-refractivity contribution is 5.88. The van der Waals surface area contributed by atoms with Crippen molar-refractivity contribution in [3.63, 3.8) is 0 Å². The molecule has 0 N–H and O–H groups in total. The molecule has 0 aliphatic heterocycles. The minimum Gasteiger partial charge on any atom is -0.310 e. The lowest BCUT2D eigenvalue weighted by molar-refractivity contribution is 0.664. The first-order chi connectivity index (χ1) is 61.5. The Labute approximate surface area is 754 Å². The van der Waals surface area contributed by atoms with Crippen molar-refractivity contribution >= 4 is 40.2 Å². The summed E-state index contributed by atoms with van der Waals surface area (Å²) >= 11 is 0.